The highest BCUT2D eigenvalue weighted by atomic mass is 16.1. The molecule has 0 atom stereocenters. The monoisotopic (exact) mass is 254 g/mol. The minimum absolute atomic E-state index is 0.239. The van der Waals surface area contributed by atoms with Crippen LogP contribution in [0.5, 0.6) is 0 Å². The Kier molecular flexibility index (Phi) is 2.97. The summed E-state index contributed by atoms with van der Waals surface area (Å²) in [6.45, 7) is 4.17. The van der Waals surface area contributed by atoms with Crippen LogP contribution in [0, 0.1) is 13.8 Å². The highest BCUT2D eigenvalue weighted by molar-refractivity contribution is 5.97. The van der Waals surface area contributed by atoms with Gasteiger partial charge < -0.3 is 0 Å². The lowest BCUT2D eigenvalue weighted by atomic mass is 10.1. The molecule has 1 aliphatic rings. The third-order valence-electron chi connectivity index (χ3n) is 3.69. The molecule has 1 aliphatic carbocycles. The Morgan fingerprint density at radius 3 is 2.47 bits per heavy atom. The Hall–Kier alpha value is -1.90. The molecule has 2 aromatic rings. The number of carbonyl (C=O) groups is 1. The summed E-state index contributed by atoms with van der Waals surface area (Å²) in [5.74, 6) is 0.239. The van der Waals surface area contributed by atoms with Crippen LogP contribution < -0.4 is 0 Å². The van der Waals surface area contributed by atoms with Gasteiger partial charge in [-0.3, -0.25) is 4.79 Å². The van der Waals surface area contributed by atoms with E-state index in [0.717, 1.165) is 36.2 Å². The fourth-order valence-corrected chi connectivity index (χ4v) is 2.86. The molecule has 0 spiro atoms. The first-order valence-electron chi connectivity index (χ1n) is 6.84. The number of aryl methyl sites for hydroxylation is 2. The Bertz CT molecular complexity index is 620. The molecular weight excluding hydrogens is 236 g/mol. The summed E-state index contributed by atoms with van der Waals surface area (Å²) in [6.07, 6.45) is 5.38. The molecule has 0 N–H and O–H groups in total. The molecule has 0 unspecified atom stereocenters. The standard InChI is InChI=1S/C16H18N2O/c1-11-7-12(2)9-13(8-11)18-15-5-3-4-6-16(19)14(15)10-17-18/h7-10H,3-6H2,1-2H3. The summed E-state index contributed by atoms with van der Waals surface area (Å²) in [5, 5.41) is 4.44. The molecule has 0 aliphatic heterocycles. The summed E-state index contributed by atoms with van der Waals surface area (Å²) in [5.41, 5.74) is 5.40. The van der Waals surface area contributed by atoms with E-state index in [9.17, 15) is 4.79 Å². The molecule has 1 aromatic heterocycles. The van der Waals surface area contributed by atoms with Gasteiger partial charge in [0.1, 0.15) is 0 Å². The third kappa shape index (κ3) is 2.21. The SMILES string of the molecule is Cc1cc(C)cc(-n2ncc3c2CCCCC3=O)c1. The zero-order valence-electron chi connectivity index (χ0n) is 11.4. The number of aromatic nitrogens is 2. The number of carbonyl (C=O) groups excluding carboxylic acids is 1. The number of ketones is 1. The molecule has 1 heterocycles. The smallest absolute Gasteiger partial charge is 0.166 e. The van der Waals surface area contributed by atoms with Crippen LogP contribution in [0.3, 0.4) is 0 Å². The van der Waals surface area contributed by atoms with Crippen molar-refractivity contribution < 1.29 is 4.79 Å². The zero-order valence-corrected chi connectivity index (χ0v) is 11.4. The van der Waals surface area contributed by atoms with Gasteiger partial charge in [-0.25, -0.2) is 4.68 Å². The summed E-state index contributed by atoms with van der Waals surface area (Å²) in [6, 6.07) is 6.39. The van der Waals surface area contributed by atoms with E-state index in [2.05, 4.69) is 37.1 Å². The van der Waals surface area contributed by atoms with E-state index in [0.29, 0.717) is 6.42 Å². The number of hydrogen-bond acceptors (Lipinski definition) is 2. The molecule has 3 rings (SSSR count). The fraction of sp³-hybridized carbons (Fsp3) is 0.375. The van der Waals surface area contributed by atoms with Gasteiger partial charge in [0.2, 0.25) is 0 Å². The second-order valence-corrected chi connectivity index (χ2v) is 5.39. The topological polar surface area (TPSA) is 34.9 Å². The van der Waals surface area contributed by atoms with Crippen LogP contribution in [-0.2, 0) is 6.42 Å². The van der Waals surface area contributed by atoms with Crippen molar-refractivity contribution in [1.29, 1.82) is 0 Å². The van der Waals surface area contributed by atoms with Crippen LogP contribution in [0.4, 0.5) is 0 Å². The fourth-order valence-electron chi connectivity index (χ4n) is 2.86. The Labute approximate surface area is 113 Å². The molecule has 0 saturated carbocycles. The highest BCUT2D eigenvalue weighted by Crippen LogP contribution is 2.24. The number of benzene rings is 1. The van der Waals surface area contributed by atoms with Crippen LogP contribution in [0.2, 0.25) is 0 Å². The first-order chi connectivity index (χ1) is 9.15. The quantitative estimate of drug-likeness (QED) is 0.731. The Morgan fingerprint density at radius 1 is 1.05 bits per heavy atom. The highest BCUT2D eigenvalue weighted by Gasteiger charge is 2.20. The van der Waals surface area contributed by atoms with Crippen LogP contribution in [-0.4, -0.2) is 15.6 Å². The van der Waals surface area contributed by atoms with Crippen molar-refractivity contribution in [2.24, 2.45) is 0 Å². The number of nitrogens with zero attached hydrogens (tertiary/aromatic N) is 2. The maximum Gasteiger partial charge on any atom is 0.166 e. The molecule has 3 heteroatoms. The first-order valence-corrected chi connectivity index (χ1v) is 6.84. The second-order valence-electron chi connectivity index (χ2n) is 5.39. The molecule has 0 amide bonds. The second kappa shape index (κ2) is 4.65. The minimum Gasteiger partial charge on any atom is -0.294 e. The van der Waals surface area contributed by atoms with Gasteiger partial charge in [0.25, 0.3) is 0 Å². The summed E-state index contributed by atoms with van der Waals surface area (Å²) < 4.78 is 1.94. The van der Waals surface area contributed by atoms with Crippen LogP contribution in [0.1, 0.15) is 46.4 Å². The number of hydrogen-bond donors (Lipinski definition) is 0. The largest absolute Gasteiger partial charge is 0.294 e. The van der Waals surface area contributed by atoms with E-state index in [-0.39, 0.29) is 5.78 Å². The van der Waals surface area contributed by atoms with E-state index in [1.165, 1.54) is 11.1 Å². The van der Waals surface area contributed by atoms with Crippen LogP contribution in [0.25, 0.3) is 5.69 Å². The summed E-state index contributed by atoms with van der Waals surface area (Å²) >= 11 is 0. The van der Waals surface area contributed by atoms with Crippen molar-refractivity contribution in [1.82, 2.24) is 9.78 Å². The van der Waals surface area contributed by atoms with Gasteiger partial charge in [0.05, 0.1) is 23.1 Å². The van der Waals surface area contributed by atoms with Crippen molar-refractivity contribution in [2.75, 3.05) is 0 Å². The Balaban J connectivity index is 2.13. The molecule has 98 valence electrons. The molecule has 3 nitrogen and oxygen atoms in total. The van der Waals surface area contributed by atoms with Crippen molar-refractivity contribution in [3.05, 3.63) is 46.8 Å². The lowest BCUT2D eigenvalue weighted by Crippen LogP contribution is -2.05. The number of Topliss-reactive ketones (excluding diaryl/α,β-unsaturated/α-hetero) is 1. The van der Waals surface area contributed by atoms with Gasteiger partial charge in [0.15, 0.2) is 5.78 Å². The molecular formula is C16H18N2O. The summed E-state index contributed by atoms with van der Waals surface area (Å²) in [4.78, 5) is 12.0. The maximum absolute atomic E-state index is 12.0. The van der Waals surface area contributed by atoms with E-state index in [1.807, 2.05) is 4.68 Å². The van der Waals surface area contributed by atoms with E-state index >= 15 is 0 Å². The van der Waals surface area contributed by atoms with Gasteiger partial charge in [-0.15, -0.1) is 0 Å². The lowest BCUT2D eigenvalue weighted by molar-refractivity contribution is 0.0982. The van der Waals surface area contributed by atoms with E-state index < -0.39 is 0 Å². The number of rotatable bonds is 1. The van der Waals surface area contributed by atoms with Gasteiger partial charge >= 0.3 is 0 Å². The molecule has 0 saturated heterocycles. The minimum atomic E-state index is 0.239. The Morgan fingerprint density at radius 2 is 1.74 bits per heavy atom. The predicted molar refractivity (Wildman–Crippen MR) is 74.9 cm³/mol. The predicted octanol–water partition coefficient (Wildman–Crippen LogP) is 3.40. The molecule has 0 radical (unpaired) electrons. The van der Waals surface area contributed by atoms with Crippen molar-refractivity contribution in [2.45, 2.75) is 39.5 Å². The van der Waals surface area contributed by atoms with E-state index in [1.54, 1.807) is 6.20 Å². The van der Waals surface area contributed by atoms with E-state index in [4.69, 9.17) is 0 Å². The van der Waals surface area contributed by atoms with Gasteiger partial charge in [-0.05, 0) is 56.4 Å². The average Bonchev–Trinajstić information content (AvgIpc) is 2.69. The van der Waals surface area contributed by atoms with Crippen LogP contribution in [0.15, 0.2) is 24.4 Å². The zero-order chi connectivity index (χ0) is 13.4. The van der Waals surface area contributed by atoms with Gasteiger partial charge in [-0.1, -0.05) is 6.07 Å². The third-order valence-corrected chi connectivity index (χ3v) is 3.69. The maximum atomic E-state index is 12.0. The molecule has 1 aromatic carbocycles. The molecule has 0 bridgehead atoms. The van der Waals surface area contributed by atoms with Crippen molar-refractivity contribution in [3.63, 3.8) is 0 Å². The average molecular weight is 254 g/mol. The van der Waals surface area contributed by atoms with Crippen molar-refractivity contribution in [3.8, 4) is 5.69 Å². The lowest BCUT2D eigenvalue weighted by Gasteiger charge is -2.09. The van der Waals surface area contributed by atoms with Gasteiger partial charge in [-0.2, -0.15) is 5.10 Å². The van der Waals surface area contributed by atoms with Gasteiger partial charge in [0, 0.05) is 6.42 Å². The van der Waals surface area contributed by atoms with Crippen molar-refractivity contribution >= 4 is 5.78 Å². The normalized spacial score (nSPS) is 15.2. The number of fused-ring (bicyclic) bond motifs is 1. The summed E-state index contributed by atoms with van der Waals surface area (Å²) in [7, 11) is 0. The molecule has 19 heavy (non-hydrogen) atoms. The first kappa shape index (κ1) is 12.2. The van der Waals surface area contributed by atoms with Crippen LogP contribution >= 0.6 is 0 Å². The molecule has 0 fully saturated rings.